The highest BCUT2D eigenvalue weighted by Crippen LogP contribution is 2.41. The molecule has 2 aromatic rings. The Labute approximate surface area is 174 Å². The van der Waals surface area contributed by atoms with Crippen LogP contribution in [0.15, 0.2) is 24.3 Å². The first-order valence-electron chi connectivity index (χ1n) is 10.4. The van der Waals surface area contributed by atoms with Gasteiger partial charge in [0.2, 0.25) is 5.01 Å². The smallest absolute Gasteiger partial charge is 0.286 e. The van der Waals surface area contributed by atoms with Crippen LogP contribution in [0.3, 0.4) is 0 Å². The molecule has 2 aliphatic rings. The minimum Gasteiger partial charge on any atom is -0.352 e. The molecule has 1 saturated heterocycles. The van der Waals surface area contributed by atoms with Gasteiger partial charge in [-0.25, -0.2) is 0 Å². The molecule has 4 rings (SSSR count). The summed E-state index contributed by atoms with van der Waals surface area (Å²) in [6.45, 7) is 5.18. The molecule has 2 heterocycles. The first-order chi connectivity index (χ1) is 14.1. The van der Waals surface area contributed by atoms with Crippen LogP contribution in [-0.4, -0.2) is 52.6 Å². The Bertz CT molecular complexity index is 873. The van der Waals surface area contributed by atoms with E-state index in [9.17, 15) is 9.59 Å². The lowest BCUT2D eigenvalue weighted by Gasteiger charge is -2.23. The summed E-state index contributed by atoms with van der Waals surface area (Å²) < 4.78 is 0. The number of carbonyl (C=O) groups excluding carboxylic acids is 2. The number of nitrogens with one attached hydrogen (secondary N) is 2. The Hall–Kier alpha value is -2.32. The van der Waals surface area contributed by atoms with Crippen molar-refractivity contribution in [1.29, 1.82) is 0 Å². The molecule has 1 aliphatic heterocycles. The molecular formula is C21H27N5O2S. The van der Waals surface area contributed by atoms with Crippen molar-refractivity contribution in [2.75, 3.05) is 25.0 Å². The molecule has 1 aromatic carbocycles. The summed E-state index contributed by atoms with van der Waals surface area (Å²) in [5.41, 5.74) is 1.11. The van der Waals surface area contributed by atoms with Crippen LogP contribution in [0.2, 0.25) is 0 Å². The Balaban J connectivity index is 1.28. The van der Waals surface area contributed by atoms with Crippen molar-refractivity contribution >= 4 is 28.8 Å². The Morgan fingerprint density at radius 1 is 1.21 bits per heavy atom. The van der Waals surface area contributed by atoms with Gasteiger partial charge in [-0.05, 0) is 70.3 Å². The van der Waals surface area contributed by atoms with Gasteiger partial charge in [-0.3, -0.25) is 9.59 Å². The van der Waals surface area contributed by atoms with Gasteiger partial charge in [-0.1, -0.05) is 17.4 Å². The van der Waals surface area contributed by atoms with E-state index in [0.29, 0.717) is 34.8 Å². The van der Waals surface area contributed by atoms with E-state index in [1.165, 1.54) is 24.2 Å². The van der Waals surface area contributed by atoms with Crippen molar-refractivity contribution in [2.24, 2.45) is 0 Å². The summed E-state index contributed by atoms with van der Waals surface area (Å²) >= 11 is 1.35. The third-order valence-electron chi connectivity index (χ3n) is 5.56. The first-order valence-corrected chi connectivity index (χ1v) is 11.2. The van der Waals surface area contributed by atoms with Gasteiger partial charge < -0.3 is 15.5 Å². The van der Waals surface area contributed by atoms with E-state index in [1.54, 1.807) is 24.3 Å². The maximum absolute atomic E-state index is 12.5. The number of hydrogen-bond donors (Lipinski definition) is 2. The van der Waals surface area contributed by atoms with E-state index in [2.05, 4.69) is 32.7 Å². The Kier molecular flexibility index (Phi) is 6.20. The number of carbonyl (C=O) groups is 2. The second-order valence-electron chi connectivity index (χ2n) is 7.89. The van der Waals surface area contributed by atoms with Crippen molar-refractivity contribution in [1.82, 2.24) is 20.4 Å². The maximum Gasteiger partial charge on any atom is 0.286 e. The second kappa shape index (κ2) is 9.00. The molecule has 2 amide bonds. The largest absolute Gasteiger partial charge is 0.352 e. The minimum atomic E-state index is -0.286. The van der Waals surface area contributed by atoms with Gasteiger partial charge in [0.05, 0.1) is 0 Å². The molecule has 0 radical (unpaired) electrons. The van der Waals surface area contributed by atoms with E-state index < -0.39 is 0 Å². The van der Waals surface area contributed by atoms with E-state index in [0.717, 1.165) is 37.4 Å². The summed E-state index contributed by atoms with van der Waals surface area (Å²) in [5.74, 6) is 0.0716. The van der Waals surface area contributed by atoms with Crippen molar-refractivity contribution in [3.63, 3.8) is 0 Å². The molecule has 8 heteroatoms. The van der Waals surface area contributed by atoms with Gasteiger partial charge in [0, 0.05) is 29.8 Å². The van der Waals surface area contributed by atoms with Crippen LogP contribution in [0.1, 0.15) is 70.1 Å². The molecule has 1 saturated carbocycles. The van der Waals surface area contributed by atoms with Gasteiger partial charge in [-0.2, -0.15) is 0 Å². The van der Waals surface area contributed by atoms with Gasteiger partial charge in [0.25, 0.3) is 11.8 Å². The zero-order valence-corrected chi connectivity index (χ0v) is 17.5. The van der Waals surface area contributed by atoms with E-state index in [4.69, 9.17) is 0 Å². The highest BCUT2D eigenvalue weighted by atomic mass is 32.1. The monoisotopic (exact) mass is 413 g/mol. The fourth-order valence-corrected chi connectivity index (χ4v) is 4.51. The summed E-state index contributed by atoms with van der Waals surface area (Å²) in [4.78, 5) is 27.4. The quantitative estimate of drug-likeness (QED) is 0.694. The zero-order chi connectivity index (χ0) is 20.2. The number of nitrogens with zero attached hydrogens (tertiary/aromatic N) is 3. The molecule has 2 N–H and O–H groups in total. The number of rotatable bonds is 8. The second-order valence-corrected chi connectivity index (χ2v) is 8.90. The molecule has 2 fully saturated rings. The van der Waals surface area contributed by atoms with Gasteiger partial charge in [0.15, 0.2) is 0 Å². The SMILES string of the molecule is CC(CCNC(=O)c1cccc(NC(=O)c2nnc(C3CC3)s2)c1)N1CCCC1. The first kappa shape index (κ1) is 20.0. The van der Waals surface area contributed by atoms with Crippen LogP contribution >= 0.6 is 11.3 Å². The Morgan fingerprint density at radius 3 is 2.76 bits per heavy atom. The summed E-state index contributed by atoms with van der Waals surface area (Å²) in [6.07, 6.45) is 5.74. The molecule has 1 aromatic heterocycles. The number of benzene rings is 1. The predicted octanol–water partition coefficient (Wildman–Crippen LogP) is 3.27. The van der Waals surface area contributed by atoms with E-state index in [1.807, 2.05) is 0 Å². The normalized spacial score (nSPS) is 17.8. The summed E-state index contributed by atoms with van der Waals surface area (Å²) in [5, 5.41) is 15.2. The van der Waals surface area contributed by atoms with Gasteiger partial charge in [0.1, 0.15) is 5.01 Å². The summed E-state index contributed by atoms with van der Waals surface area (Å²) in [6, 6.07) is 7.47. The van der Waals surface area contributed by atoms with Crippen molar-refractivity contribution in [2.45, 2.75) is 51.0 Å². The van der Waals surface area contributed by atoms with Gasteiger partial charge in [-0.15, -0.1) is 10.2 Å². The standard InChI is InChI=1S/C21H27N5O2S/c1-14(26-11-2-3-12-26)9-10-22-18(27)16-5-4-6-17(13-16)23-19(28)21-25-24-20(29-21)15-7-8-15/h4-6,13-15H,2-3,7-12H2,1H3,(H,22,27)(H,23,28). The van der Waals surface area contributed by atoms with E-state index in [-0.39, 0.29) is 11.8 Å². The van der Waals surface area contributed by atoms with Crippen molar-refractivity contribution in [3.8, 4) is 0 Å². The Morgan fingerprint density at radius 2 is 2.00 bits per heavy atom. The minimum absolute atomic E-state index is 0.123. The fraction of sp³-hybridized carbons (Fsp3) is 0.524. The van der Waals surface area contributed by atoms with Crippen LogP contribution in [0.5, 0.6) is 0 Å². The highest BCUT2D eigenvalue weighted by Gasteiger charge is 2.28. The number of anilines is 1. The lowest BCUT2D eigenvalue weighted by Crippen LogP contribution is -2.34. The number of likely N-dealkylation sites (tertiary alicyclic amines) is 1. The average Bonchev–Trinajstić information content (AvgIpc) is 3.21. The molecule has 29 heavy (non-hydrogen) atoms. The average molecular weight is 414 g/mol. The lowest BCUT2D eigenvalue weighted by molar-refractivity contribution is 0.0948. The lowest BCUT2D eigenvalue weighted by atomic mass is 10.1. The molecular weight excluding hydrogens is 386 g/mol. The fourth-order valence-electron chi connectivity index (χ4n) is 3.61. The van der Waals surface area contributed by atoms with Crippen LogP contribution in [0.25, 0.3) is 0 Å². The number of aromatic nitrogens is 2. The molecule has 7 nitrogen and oxygen atoms in total. The number of amides is 2. The molecule has 0 bridgehead atoms. The molecule has 1 aliphatic carbocycles. The third-order valence-corrected chi connectivity index (χ3v) is 6.64. The maximum atomic E-state index is 12.5. The predicted molar refractivity (Wildman–Crippen MR) is 113 cm³/mol. The van der Waals surface area contributed by atoms with Crippen LogP contribution < -0.4 is 10.6 Å². The van der Waals surface area contributed by atoms with Crippen LogP contribution in [0, 0.1) is 0 Å². The van der Waals surface area contributed by atoms with Crippen LogP contribution in [0.4, 0.5) is 5.69 Å². The molecule has 1 atom stereocenters. The van der Waals surface area contributed by atoms with E-state index >= 15 is 0 Å². The zero-order valence-electron chi connectivity index (χ0n) is 16.7. The van der Waals surface area contributed by atoms with Crippen molar-refractivity contribution < 1.29 is 9.59 Å². The topological polar surface area (TPSA) is 87.2 Å². The molecule has 1 unspecified atom stereocenters. The van der Waals surface area contributed by atoms with Crippen LogP contribution in [-0.2, 0) is 0 Å². The molecule has 0 spiro atoms. The van der Waals surface area contributed by atoms with Crippen molar-refractivity contribution in [3.05, 3.63) is 39.8 Å². The number of hydrogen-bond acceptors (Lipinski definition) is 6. The third kappa shape index (κ3) is 5.19. The highest BCUT2D eigenvalue weighted by molar-refractivity contribution is 7.13. The molecule has 154 valence electrons. The summed E-state index contributed by atoms with van der Waals surface area (Å²) in [7, 11) is 0. The van der Waals surface area contributed by atoms with Gasteiger partial charge >= 0.3 is 0 Å².